The fourth-order valence-corrected chi connectivity index (χ4v) is 1.07. The first kappa shape index (κ1) is 10.3. The molecule has 0 amide bonds. The van der Waals surface area contributed by atoms with Gasteiger partial charge in [-0.05, 0) is 30.2 Å². The number of hydrogen-bond donors (Lipinski definition) is 1. The van der Waals surface area contributed by atoms with Gasteiger partial charge < -0.3 is 9.84 Å². The standard InChI is InChI=1S/C11H12O3/c1-8(6-11(13)14-2)9-4-3-5-10(12)7-9/h3-7,12H,1-2H3/b8-6+. The van der Waals surface area contributed by atoms with Crippen LogP contribution in [0.5, 0.6) is 5.75 Å². The second-order valence-corrected chi connectivity index (χ2v) is 2.90. The summed E-state index contributed by atoms with van der Waals surface area (Å²) in [5.41, 5.74) is 1.56. The van der Waals surface area contributed by atoms with Gasteiger partial charge in [-0.15, -0.1) is 0 Å². The molecule has 1 N–H and O–H groups in total. The van der Waals surface area contributed by atoms with Crippen LogP contribution in [0, 0.1) is 0 Å². The lowest BCUT2D eigenvalue weighted by atomic mass is 10.1. The Balaban J connectivity index is 2.94. The average molecular weight is 192 g/mol. The summed E-state index contributed by atoms with van der Waals surface area (Å²) in [7, 11) is 1.33. The maximum Gasteiger partial charge on any atom is 0.330 e. The molecule has 0 bridgehead atoms. The Morgan fingerprint density at radius 2 is 2.21 bits per heavy atom. The van der Waals surface area contributed by atoms with E-state index < -0.39 is 5.97 Å². The summed E-state index contributed by atoms with van der Waals surface area (Å²) in [6, 6.07) is 6.71. The number of phenolic OH excluding ortho intramolecular Hbond substituents is 1. The smallest absolute Gasteiger partial charge is 0.330 e. The summed E-state index contributed by atoms with van der Waals surface area (Å²) in [4.78, 5) is 10.9. The zero-order valence-electron chi connectivity index (χ0n) is 8.15. The first-order chi connectivity index (χ1) is 6.63. The topological polar surface area (TPSA) is 46.5 Å². The minimum absolute atomic E-state index is 0.181. The number of rotatable bonds is 2. The van der Waals surface area contributed by atoms with Crippen molar-refractivity contribution >= 4 is 11.5 Å². The summed E-state index contributed by atoms with van der Waals surface area (Å²) in [5, 5.41) is 9.21. The second kappa shape index (κ2) is 4.46. The first-order valence-corrected chi connectivity index (χ1v) is 4.19. The first-order valence-electron chi connectivity index (χ1n) is 4.19. The van der Waals surface area contributed by atoms with Gasteiger partial charge in [0.25, 0.3) is 0 Å². The molecule has 0 aliphatic carbocycles. The maximum absolute atomic E-state index is 10.9. The molecule has 3 nitrogen and oxygen atoms in total. The van der Waals surface area contributed by atoms with E-state index in [4.69, 9.17) is 0 Å². The van der Waals surface area contributed by atoms with Crippen molar-refractivity contribution in [2.75, 3.05) is 7.11 Å². The normalized spacial score (nSPS) is 11.1. The average Bonchev–Trinajstić information content (AvgIpc) is 2.17. The molecule has 0 fully saturated rings. The van der Waals surface area contributed by atoms with Gasteiger partial charge in [0, 0.05) is 6.08 Å². The molecule has 14 heavy (non-hydrogen) atoms. The quantitative estimate of drug-likeness (QED) is 0.575. The van der Waals surface area contributed by atoms with Crippen LogP contribution in [0.2, 0.25) is 0 Å². The Morgan fingerprint density at radius 1 is 1.50 bits per heavy atom. The molecule has 0 spiro atoms. The Bertz CT molecular complexity index is 367. The molecule has 1 aromatic carbocycles. The van der Waals surface area contributed by atoms with Crippen LogP contribution >= 0.6 is 0 Å². The molecule has 0 radical (unpaired) electrons. The highest BCUT2D eigenvalue weighted by molar-refractivity contribution is 5.90. The molecule has 74 valence electrons. The predicted molar refractivity (Wildman–Crippen MR) is 53.8 cm³/mol. The van der Waals surface area contributed by atoms with Crippen LogP contribution in [0.1, 0.15) is 12.5 Å². The minimum Gasteiger partial charge on any atom is -0.508 e. The van der Waals surface area contributed by atoms with Crippen molar-refractivity contribution < 1.29 is 14.6 Å². The lowest BCUT2D eigenvalue weighted by molar-refractivity contribution is -0.134. The summed E-state index contributed by atoms with van der Waals surface area (Å²) in [5.74, 6) is -0.217. The fourth-order valence-electron chi connectivity index (χ4n) is 1.07. The number of methoxy groups -OCH3 is 1. The summed E-state index contributed by atoms with van der Waals surface area (Å²) in [6.45, 7) is 1.78. The van der Waals surface area contributed by atoms with Crippen molar-refractivity contribution in [2.45, 2.75) is 6.92 Å². The molecule has 0 aromatic heterocycles. The van der Waals surface area contributed by atoms with Crippen molar-refractivity contribution in [1.82, 2.24) is 0 Å². The third-order valence-corrected chi connectivity index (χ3v) is 1.84. The molecular formula is C11H12O3. The molecule has 0 atom stereocenters. The second-order valence-electron chi connectivity index (χ2n) is 2.90. The largest absolute Gasteiger partial charge is 0.508 e. The monoisotopic (exact) mass is 192 g/mol. The van der Waals surface area contributed by atoms with E-state index in [1.807, 2.05) is 6.07 Å². The Morgan fingerprint density at radius 3 is 2.79 bits per heavy atom. The van der Waals surface area contributed by atoms with Gasteiger partial charge in [-0.3, -0.25) is 0 Å². The number of phenols is 1. The number of aromatic hydroxyl groups is 1. The van der Waals surface area contributed by atoms with Crippen molar-refractivity contribution in [2.24, 2.45) is 0 Å². The van der Waals surface area contributed by atoms with Gasteiger partial charge in [-0.25, -0.2) is 4.79 Å². The van der Waals surface area contributed by atoms with E-state index in [0.717, 1.165) is 11.1 Å². The fraction of sp³-hybridized carbons (Fsp3) is 0.182. The Labute approximate surface area is 82.6 Å². The van der Waals surface area contributed by atoms with Crippen LogP contribution in [0.25, 0.3) is 5.57 Å². The number of ether oxygens (including phenoxy) is 1. The van der Waals surface area contributed by atoms with E-state index in [1.54, 1.807) is 25.1 Å². The number of allylic oxidation sites excluding steroid dienone is 1. The number of carbonyl (C=O) groups is 1. The van der Waals surface area contributed by atoms with Crippen LogP contribution in [0.15, 0.2) is 30.3 Å². The van der Waals surface area contributed by atoms with Crippen molar-refractivity contribution in [3.05, 3.63) is 35.9 Å². The Kier molecular flexibility index (Phi) is 3.29. The summed E-state index contributed by atoms with van der Waals surface area (Å²) in [6.07, 6.45) is 1.38. The molecular weight excluding hydrogens is 180 g/mol. The third-order valence-electron chi connectivity index (χ3n) is 1.84. The molecule has 3 heteroatoms. The highest BCUT2D eigenvalue weighted by Gasteiger charge is 2.00. The van der Waals surface area contributed by atoms with Crippen LogP contribution in [-0.2, 0) is 9.53 Å². The summed E-state index contributed by atoms with van der Waals surface area (Å²) < 4.78 is 4.49. The number of hydrogen-bond acceptors (Lipinski definition) is 3. The van der Waals surface area contributed by atoms with E-state index in [-0.39, 0.29) is 5.75 Å². The van der Waals surface area contributed by atoms with E-state index in [2.05, 4.69) is 4.74 Å². The van der Waals surface area contributed by atoms with Crippen LogP contribution in [0.3, 0.4) is 0 Å². The lowest BCUT2D eigenvalue weighted by Gasteiger charge is -2.01. The van der Waals surface area contributed by atoms with Crippen LogP contribution in [-0.4, -0.2) is 18.2 Å². The number of benzene rings is 1. The molecule has 0 aliphatic heterocycles. The van der Waals surface area contributed by atoms with E-state index in [9.17, 15) is 9.90 Å². The predicted octanol–water partition coefficient (Wildman–Crippen LogP) is 1.97. The molecule has 0 unspecified atom stereocenters. The van der Waals surface area contributed by atoms with E-state index >= 15 is 0 Å². The molecule has 0 heterocycles. The van der Waals surface area contributed by atoms with Gasteiger partial charge in [-0.2, -0.15) is 0 Å². The lowest BCUT2D eigenvalue weighted by Crippen LogP contribution is -1.95. The van der Waals surface area contributed by atoms with Gasteiger partial charge in [0.1, 0.15) is 5.75 Å². The minimum atomic E-state index is -0.397. The van der Waals surface area contributed by atoms with Gasteiger partial charge in [0.05, 0.1) is 7.11 Å². The molecule has 1 aromatic rings. The number of carbonyl (C=O) groups excluding carboxylic acids is 1. The van der Waals surface area contributed by atoms with E-state index in [1.165, 1.54) is 13.2 Å². The third kappa shape index (κ3) is 2.62. The molecule has 0 saturated heterocycles. The Hall–Kier alpha value is -1.77. The van der Waals surface area contributed by atoms with Crippen molar-refractivity contribution in [3.8, 4) is 5.75 Å². The molecule has 0 aliphatic rings. The highest BCUT2D eigenvalue weighted by atomic mass is 16.5. The van der Waals surface area contributed by atoms with Gasteiger partial charge in [0.15, 0.2) is 0 Å². The zero-order chi connectivity index (χ0) is 10.6. The molecule has 1 rings (SSSR count). The zero-order valence-corrected chi connectivity index (χ0v) is 8.15. The van der Waals surface area contributed by atoms with Gasteiger partial charge >= 0.3 is 5.97 Å². The van der Waals surface area contributed by atoms with Crippen LogP contribution in [0.4, 0.5) is 0 Å². The maximum atomic E-state index is 10.9. The number of esters is 1. The van der Waals surface area contributed by atoms with E-state index in [0.29, 0.717) is 0 Å². The van der Waals surface area contributed by atoms with Gasteiger partial charge in [0.2, 0.25) is 0 Å². The molecule has 0 saturated carbocycles. The SMILES string of the molecule is COC(=O)/C=C(\C)c1cccc(O)c1. The van der Waals surface area contributed by atoms with Crippen LogP contribution < -0.4 is 0 Å². The van der Waals surface area contributed by atoms with Crippen molar-refractivity contribution in [1.29, 1.82) is 0 Å². The van der Waals surface area contributed by atoms with Crippen molar-refractivity contribution in [3.63, 3.8) is 0 Å². The van der Waals surface area contributed by atoms with Gasteiger partial charge in [-0.1, -0.05) is 12.1 Å². The summed E-state index contributed by atoms with van der Waals surface area (Å²) >= 11 is 0. The highest BCUT2D eigenvalue weighted by Crippen LogP contribution is 2.18.